The van der Waals surface area contributed by atoms with E-state index in [2.05, 4.69) is 21.3 Å². The summed E-state index contributed by atoms with van der Waals surface area (Å²) in [5.41, 5.74) is 9.59. The van der Waals surface area contributed by atoms with Crippen LogP contribution in [0.25, 0.3) is 11.3 Å². The van der Waals surface area contributed by atoms with Crippen LogP contribution in [-0.4, -0.2) is 29.6 Å². The number of hydrogen-bond donors (Lipinski definition) is 1. The number of fused-ring (bicyclic) bond motifs is 3. The number of nitrogens with zero attached hydrogens (tertiary/aromatic N) is 3. The minimum atomic E-state index is 0.579. The Hall–Kier alpha value is -1.46. The van der Waals surface area contributed by atoms with Gasteiger partial charge < -0.3 is 10.6 Å². The first-order chi connectivity index (χ1) is 10.3. The third-order valence-corrected chi connectivity index (χ3v) is 5.59. The fraction of sp³-hybridized carbons (Fsp3) is 0.500. The number of nitrogens with two attached hydrogens (primary N) is 1. The zero-order valence-corrected chi connectivity index (χ0v) is 12.9. The Bertz CT molecular complexity index is 651. The van der Waals surface area contributed by atoms with Crippen LogP contribution in [0.15, 0.2) is 17.6 Å². The Balaban J connectivity index is 1.68. The zero-order chi connectivity index (χ0) is 14.2. The highest BCUT2D eigenvalue weighted by atomic mass is 32.1. The van der Waals surface area contributed by atoms with Crippen LogP contribution >= 0.6 is 11.3 Å². The highest BCUT2D eigenvalue weighted by molar-refractivity contribution is 7.10. The molecule has 4 rings (SSSR count). The number of thiophene rings is 1. The van der Waals surface area contributed by atoms with Crippen molar-refractivity contribution in [2.45, 2.75) is 25.7 Å². The molecule has 0 aromatic carbocycles. The second-order valence-corrected chi connectivity index (χ2v) is 6.99. The molecule has 4 nitrogen and oxygen atoms in total. The summed E-state index contributed by atoms with van der Waals surface area (Å²) in [5.74, 6) is 1.46. The lowest BCUT2D eigenvalue weighted by molar-refractivity contribution is 0.419. The molecule has 0 bridgehead atoms. The Labute approximate surface area is 129 Å². The molecule has 2 N–H and O–H groups in total. The lowest BCUT2D eigenvalue weighted by Crippen LogP contribution is -2.39. The van der Waals surface area contributed by atoms with Gasteiger partial charge in [0.15, 0.2) is 0 Å². The second kappa shape index (κ2) is 5.39. The maximum Gasteiger partial charge on any atom is 0.225 e. The molecular formula is C16H20N4S. The standard InChI is InChI=1S/C16H20N4S/c17-8-11-2-1-6-20(10-11)16-18-9-12-3-4-14-13(5-7-21-14)15(12)19-16/h5,7,9,11H,1-4,6,8,10,17H2. The number of anilines is 1. The molecule has 2 aromatic rings. The minimum Gasteiger partial charge on any atom is -0.340 e. The van der Waals surface area contributed by atoms with Gasteiger partial charge in [0, 0.05) is 29.7 Å². The fourth-order valence-electron chi connectivity index (χ4n) is 3.40. The summed E-state index contributed by atoms with van der Waals surface area (Å²) in [4.78, 5) is 13.3. The number of aromatic nitrogens is 2. The monoisotopic (exact) mass is 300 g/mol. The molecule has 0 radical (unpaired) electrons. The van der Waals surface area contributed by atoms with E-state index in [1.165, 1.54) is 28.8 Å². The van der Waals surface area contributed by atoms with Crippen molar-refractivity contribution in [1.82, 2.24) is 9.97 Å². The van der Waals surface area contributed by atoms with Crippen molar-refractivity contribution in [1.29, 1.82) is 0 Å². The van der Waals surface area contributed by atoms with Crippen LogP contribution < -0.4 is 10.6 Å². The molecule has 1 fully saturated rings. The summed E-state index contributed by atoms with van der Waals surface area (Å²) in [7, 11) is 0. The first-order valence-corrected chi connectivity index (χ1v) is 8.61. The molecule has 21 heavy (non-hydrogen) atoms. The molecule has 1 aliphatic heterocycles. The maximum atomic E-state index is 5.84. The van der Waals surface area contributed by atoms with E-state index in [-0.39, 0.29) is 0 Å². The van der Waals surface area contributed by atoms with E-state index in [0.29, 0.717) is 5.92 Å². The summed E-state index contributed by atoms with van der Waals surface area (Å²) < 4.78 is 0. The van der Waals surface area contributed by atoms with Gasteiger partial charge in [0.1, 0.15) is 0 Å². The van der Waals surface area contributed by atoms with E-state index < -0.39 is 0 Å². The Morgan fingerprint density at radius 3 is 3.24 bits per heavy atom. The molecule has 1 unspecified atom stereocenters. The summed E-state index contributed by atoms with van der Waals surface area (Å²) in [5, 5.41) is 2.17. The van der Waals surface area contributed by atoms with Crippen LogP contribution in [0.4, 0.5) is 5.95 Å². The van der Waals surface area contributed by atoms with E-state index in [9.17, 15) is 0 Å². The molecule has 2 aromatic heterocycles. The van der Waals surface area contributed by atoms with E-state index >= 15 is 0 Å². The molecule has 0 spiro atoms. The van der Waals surface area contributed by atoms with E-state index in [1.54, 1.807) is 0 Å². The molecule has 5 heteroatoms. The van der Waals surface area contributed by atoms with Crippen molar-refractivity contribution in [2.75, 3.05) is 24.5 Å². The van der Waals surface area contributed by atoms with Gasteiger partial charge in [-0.25, -0.2) is 9.97 Å². The summed E-state index contributed by atoms with van der Waals surface area (Å²) in [6, 6.07) is 2.20. The topological polar surface area (TPSA) is 55.0 Å². The first kappa shape index (κ1) is 13.2. The quantitative estimate of drug-likeness (QED) is 0.926. The van der Waals surface area contributed by atoms with Crippen LogP contribution in [0.5, 0.6) is 0 Å². The Kier molecular flexibility index (Phi) is 3.39. The molecule has 3 heterocycles. The van der Waals surface area contributed by atoms with Crippen molar-refractivity contribution >= 4 is 17.3 Å². The Morgan fingerprint density at radius 1 is 1.38 bits per heavy atom. The van der Waals surface area contributed by atoms with Gasteiger partial charge in [-0.3, -0.25) is 0 Å². The Morgan fingerprint density at radius 2 is 2.33 bits per heavy atom. The number of hydrogen-bond acceptors (Lipinski definition) is 5. The van der Waals surface area contributed by atoms with Gasteiger partial charge in [0.05, 0.1) is 5.69 Å². The van der Waals surface area contributed by atoms with Crippen molar-refractivity contribution in [2.24, 2.45) is 11.7 Å². The molecule has 110 valence electrons. The van der Waals surface area contributed by atoms with Gasteiger partial charge in [-0.05, 0) is 55.2 Å². The lowest BCUT2D eigenvalue weighted by Gasteiger charge is -2.32. The van der Waals surface area contributed by atoms with Crippen LogP contribution in [-0.2, 0) is 12.8 Å². The van der Waals surface area contributed by atoms with Gasteiger partial charge in [-0.2, -0.15) is 0 Å². The summed E-state index contributed by atoms with van der Waals surface area (Å²) in [6.45, 7) is 2.80. The van der Waals surface area contributed by atoms with Gasteiger partial charge in [-0.1, -0.05) is 0 Å². The van der Waals surface area contributed by atoms with Gasteiger partial charge in [0.25, 0.3) is 0 Å². The lowest BCUT2D eigenvalue weighted by atomic mass is 9.96. The maximum absolute atomic E-state index is 5.84. The van der Waals surface area contributed by atoms with Crippen molar-refractivity contribution in [3.63, 3.8) is 0 Å². The van der Waals surface area contributed by atoms with Crippen LogP contribution in [0.3, 0.4) is 0 Å². The predicted octanol–water partition coefficient (Wildman–Crippen LogP) is 2.48. The van der Waals surface area contributed by atoms with Gasteiger partial charge in [-0.15, -0.1) is 11.3 Å². The molecule has 1 atom stereocenters. The summed E-state index contributed by atoms with van der Waals surface area (Å²) in [6.07, 6.45) is 6.64. The van der Waals surface area contributed by atoms with Crippen LogP contribution in [0.1, 0.15) is 23.3 Å². The van der Waals surface area contributed by atoms with Crippen molar-refractivity contribution in [3.05, 3.63) is 28.1 Å². The average molecular weight is 300 g/mol. The van der Waals surface area contributed by atoms with Crippen LogP contribution in [0.2, 0.25) is 0 Å². The highest BCUT2D eigenvalue weighted by Gasteiger charge is 2.24. The highest BCUT2D eigenvalue weighted by Crippen LogP contribution is 2.36. The number of aryl methyl sites for hydroxylation is 2. The normalized spacial score (nSPS) is 21.0. The second-order valence-electron chi connectivity index (χ2n) is 5.99. The zero-order valence-electron chi connectivity index (χ0n) is 12.1. The minimum absolute atomic E-state index is 0.579. The van der Waals surface area contributed by atoms with E-state index in [0.717, 1.165) is 44.1 Å². The smallest absolute Gasteiger partial charge is 0.225 e. The van der Waals surface area contributed by atoms with E-state index in [1.807, 2.05) is 17.5 Å². The van der Waals surface area contributed by atoms with Gasteiger partial charge in [0.2, 0.25) is 5.95 Å². The van der Waals surface area contributed by atoms with Crippen molar-refractivity contribution < 1.29 is 0 Å². The molecule has 0 saturated carbocycles. The van der Waals surface area contributed by atoms with Crippen LogP contribution in [0, 0.1) is 5.92 Å². The first-order valence-electron chi connectivity index (χ1n) is 7.73. The molecule has 1 saturated heterocycles. The number of rotatable bonds is 2. The molecule has 0 amide bonds. The summed E-state index contributed by atoms with van der Waals surface area (Å²) >= 11 is 1.84. The van der Waals surface area contributed by atoms with Gasteiger partial charge >= 0.3 is 0 Å². The predicted molar refractivity (Wildman–Crippen MR) is 86.7 cm³/mol. The fourth-order valence-corrected chi connectivity index (χ4v) is 4.28. The van der Waals surface area contributed by atoms with E-state index in [4.69, 9.17) is 10.7 Å². The average Bonchev–Trinajstić information content (AvgIpc) is 3.03. The largest absolute Gasteiger partial charge is 0.340 e. The SMILES string of the molecule is NCC1CCCN(c2ncc3c(n2)-c2ccsc2CC3)C1. The molecular weight excluding hydrogens is 280 g/mol. The van der Waals surface area contributed by atoms with Crippen molar-refractivity contribution in [3.8, 4) is 11.3 Å². The third-order valence-electron chi connectivity index (χ3n) is 4.61. The third kappa shape index (κ3) is 2.34. The number of piperidine rings is 1. The molecule has 1 aliphatic carbocycles. The molecule has 2 aliphatic rings.